The smallest absolute Gasteiger partial charge is 0.362 e. The zero-order valence-electron chi connectivity index (χ0n) is 17.8. The van der Waals surface area contributed by atoms with Gasteiger partial charge in [0.25, 0.3) is 5.69 Å². The second-order valence-electron chi connectivity index (χ2n) is 7.73. The molecule has 0 bridgehead atoms. The molecule has 1 fully saturated rings. The molecule has 0 aromatic heterocycles. The summed E-state index contributed by atoms with van der Waals surface area (Å²) in [7, 11) is 0. The highest BCUT2D eigenvalue weighted by Crippen LogP contribution is 2.37. The minimum atomic E-state index is -4.73. The van der Waals surface area contributed by atoms with Crippen molar-refractivity contribution in [2.75, 3.05) is 31.1 Å². The Labute approximate surface area is 190 Å². The average Bonchev–Trinajstić information content (AvgIpc) is 2.77. The number of nitrogens with one attached hydrogen (secondary N) is 1. The molecule has 2 aromatic rings. The summed E-state index contributed by atoms with van der Waals surface area (Å²) in [6.45, 7) is 2.00. The van der Waals surface area contributed by atoms with Gasteiger partial charge in [-0.05, 0) is 36.8 Å². The molecule has 1 saturated heterocycles. The second kappa shape index (κ2) is 9.39. The minimum Gasteiger partial charge on any atom is -0.362 e. The van der Waals surface area contributed by atoms with Gasteiger partial charge in [-0.25, -0.2) is 4.79 Å². The number of hydrogen-bond donors (Lipinski definition) is 1. The Bertz CT molecular complexity index is 1070. The molecule has 1 heterocycles. The zero-order chi connectivity index (χ0) is 25.3. The number of piperazine rings is 1. The van der Waals surface area contributed by atoms with Crippen LogP contribution in [0.4, 0.5) is 42.5 Å². The van der Waals surface area contributed by atoms with Gasteiger partial charge < -0.3 is 15.1 Å². The number of carbonyl (C=O) groups excluding carboxylic acids is 1. The summed E-state index contributed by atoms with van der Waals surface area (Å²) < 4.78 is 77.5. The van der Waals surface area contributed by atoms with E-state index in [1.807, 2.05) is 0 Å². The molecule has 2 amide bonds. The fraction of sp³-hybridized carbons (Fsp3) is 0.381. The van der Waals surface area contributed by atoms with Gasteiger partial charge in [0.05, 0.1) is 22.1 Å². The topological polar surface area (TPSA) is 78.7 Å². The summed E-state index contributed by atoms with van der Waals surface area (Å²) in [6, 6.07) is 5.61. The van der Waals surface area contributed by atoms with E-state index in [0.717, 1.165) is 24.3 Å². The molecule has 1 aliphatic heterocycles. The van der Waals surface area contributed by atoms with Crippen LogP contribution >= 0.6 is 0 Å². The van der Waals surface area contributed by atoms with Crippen LogP contribution in [-0.4, -0.2) is 42.0 Å². The number of nitro benzene ring substituents is 1. The third kappa shape index (κ3) is 5.69. The van der Waals surface area contributed by atoms with Crippen molar-refractivity contribution in [3.8, 4) is 0 Å². The van der Waals surface area contributed by atoms with Crippen LogP contribution in [0.5, 0.6) is 0 Å². The lowest BCUT2D eigenvalue weighted by Crippen LogP contribution is -2.52. The number of amides is 2. The Morgan fingerprint density at radius 3 is 2.12 bits per heavy atom. The zero-order valence-corrected chi connectivity index (χ0v) is 17.8. The van der Waals surface area contributed by atoms with E-state index in [0.29, 0.717) is 6.07 Å². The van der Waals surface area contributed by atoms with E-state index in [1.165, 1.54) is 28.9 Å². The summed E-state index contributed by atoms with van der Waals surface area (Å²) in [6.07, 6.45) is -9.24. The van der Waals surface area contributed by atoms with Crippen molar-refractivity contribution in [2.24, 2.45) is 0 Å². The second-order valence-corrected chi connectivity index (χ2v) is 7.73. The summed E-state index contributed by atoms with van der Waals surface area (Å²) in [5, 5.41) is 13.9. The monoisotopic (exact) mass is 490 g/mol. The van der Waals surface area contributed by atoms with Crippen molar-refractivity contribution in [1.29, 1.82) is 0 Å². The number of urea groups is 1. The summed E-state index contributed by atoms with van der Waals surface area (Å²) >= 11 is 0. The molecule has 1 N–H and O–H groups in total. The third-order valence-electron chi connectivity index (χ3n) is 5.46. The summed E-state index contributed by atoms with van der Waals surface area (Å²) in [5.41, 5.74) is -2.38. The number of carbonyl (C=O) groups is 1. The summed E-state index contributed by atoms with van der Waals surface area (Å²) in [4.78, 5) is 25.9. The average molecular weight is 490 g/mol. The Kier molecular flexibility index (Phi) is 6.94. The maximum atomic E-state index is 12.9. The van der Waals surface area contributed by atoms with Crippen LogP contribution in [0.2, 0.25) is 0 Å². The first-order chi connectivity index (χ1) is 15.8. The predicted octanol–water partition coefficient (Wildman–Crippen LogP) is 5.23. The van der Waals surface area contributed by atoms with Crippen LogP contribution in [0, 0.1) is 10.1 Å². The van der Waals surface area contributed by atoms with Gasteiger partial charge in [-0.2, -0.15) is 26.3 Å². The number of alkyl halides is 6. The largest absolute Gasteiger partial charge is 0.416 e. The number of nitro groups is 1. The lowest BCUT2D eigenvalue weighted by molar-refractivity contribution is -0.384. The molecule has 1 aliphatic rings. The van der Waals surface area contributed by atoms with Gasteiger partial charge in [0, 0.05) is 32.2 Å². The quantitative estimate of drug-likeness (QED) is 0.362. The maximum Gasteiger partial charge on any atom is 0.416 e. The lowest BCUT2D eigenvalue weighted by atomic mass is 10.1. The van der Waals surface area contributed by atoms with E-state index in [-0.39, 0.29) is 37.4 Å². The van der Waals surface area contributed by atoms with Crippen LogP contribution in [0.3, 0.4) is 0 Å². The first-order valence-corrected chi connectivity index (χ1v) is 10.1. The van der Waals surface area contributed by atoms with Crippen molar-refractivity contribution in [2.45, 2.75) is 25.3 Å². The molecule has 184 valence electrons. The number of rotatable bonds is 4. The number of benzene rings is 2. The van der Waals surface area contributed by atoms with Crippen molar-refractivity contribution in [3.05, 3.63) is 69.3 Å². The molecule has 0 spiro atoms. The van der Waals surface area contributed by atoms with E-state index in [2.05, 4.69) is 5.32 Å². The molecule has 3 rings (SSSR count). The van der Waals surface area contributed by atoms with Gasteiger partial charge in [-0.1, -0.05) is 12.1 Å². The molecule has 0 radical (unpaired) electrons. The van der Waals surface area contributed by atoms with Crippen molar-refractivity contribution < 1.29 is 36.1 Å². The van der Waals surface area contributed by atoms with E-state index in [1.54, 1.807) is 0 Å². The number of nitrogens with zero attached hydrogens (tertiary/aromatic N) is 3. The van der Waals surface area contributed by atoms with Crippen molar-refractivity contribution in [3.63, 3.8) is 0 Å². The van der Waals surface area contributed by atoms with E-state index in [4.69, 9.17) is 0 Å². The maximum absolute atomic E-state index is 12.9. The van der Waals surface area contributed by atoms with Gasteiger partial charge in [-0.3, -0.25) is 10.1 Å². The van der Waals surface area contributed by atoms with Crippen LogP contribution < -0.4 is 10.2 Å². The van der Waals surface area contributed by atoms with Crippen LogP contribution in [-0.2, 0) is 12.4 Å². The van der Waals surface area contributed by atoms with Gasteiger partial charge in [0.2, 0.25) is 0 Å². The first kappa shape index (κ1) is 25.1. The highest BCUT2D eigenvalue weighted by atomic mass is 19.4. The lowest BCUT2D eigenvalue weighted by Gasteiger charge is -2.36. The molecule has 1 unspecified atom stereocenters. The molecular formula is C21H20F6N4O3. The standard InChI is InChI=1S/C21H20F6N4O3/c1-13(14-3-2-4-15(11-14)20(22,23)24)28-19(32)30-9-7-29(8-10-30)17-6-5-16(21(25,26)27)12-18(17)31(33)34/h2-6,11-13H,7-10H2,1H3,(H,28,32). The predicted molar refractivity (Wildman–Crippen MR) is 110 cm³/mol. The number of hydrogen-bond acceptors (Lipinski definition) is 4. The molecule has 13 heteroatoms. The van der Waals surface area contributed by atoms with E-state index < -0.39 is 46.2 Å². The molecule has 34 heavy (non-hydrogen) atoms. The van der Waals surface area contributed by atoms with Gasteiger partial charge in [-0.15, -0.1) is 0 Å². The highest BCUT2D eigenvalue weighted by molar-refractivity contribution is 5.75. The SMILES string of the molecule is CC(NC(=O)N1CCN(c2ccc(C(F)(F)F)cc2[N+](=O)[O-])CC1)c1cccc(C(F)(F)F)c1. The Balaban J connectivity index is 1.65. The van der Waals surface area contributed by atoms with Crippen molar-refractivity contribution in [1.82, 2.24) is 10.2 Å². The van der Waals surface area contributed by atoms with Crippen molar-refractivity contribution >= 4 is 17.4 Å². The molecule has 1 atom stereocenters. The Morgan fingerprint density at radius 1 is 0.971 bits per heavy atom. The van der Waals surface area contributed by atoms with E-state index >= 15 is 0 Å². The van der Waals surface area contributed by atoms with E-state index in [9.17, 15) is 41.3 Å². The first-order valence-electron chi connectivity index (χ1n) is 10.1. The minimum absolute atomic E-state index is 0.00962. The molecule has 7 nitrogen and oxygen atoms in total. The third-order valence-corrected chi connectivity index (χ3v) is 5.46. The molecular weight excluding hydrogens is 470 g/mol. The highest BCUT2D eigenvalue weighted by Gasteiger charge is 2.35. The molecule has 0 saturated carbocycles. The normalized spacial score (nSPS) is 15.7. The molecule has 0 aliphatic carbocycles. The van der Waals surface area contributed by atoms with Crippen LogP contribution in [0.25, 0.3) is 0 Å². The van der Waals surface area contributed by atoms with Crippen LogP contribution in [0.15, 0.2) is 42.5 Å². The molecule has 2 aromatic carbocycles. The van der Waals surface area contributed by atoms with Crippen LogP contribution in [0.1, 0.15) is 29.7 Å². The Morgan fingerprint density at radius 2 is 1.56 bits per heavy atom. The van der Waals surface area contributed by atoms with Gasteiger partial charge >= 0.3 is 18.4 Å². The summed E-state index contributed by atoms with van der Waals surface area (Å²) in [5.74, 6) is 0. The van der Waals surface area contributed by atoms with Gasteiger partial charge in [0.1, 0.15) is 5.69 Å². The number of anilines is 1. The fourth-order valence-electron chi connectivity index (χ4n) is 3.61. The fourth-order valence-corrected chi connectivity index (χ4v) is 3.61. The number of halogens is 6. The van der Waals surface area contributed by atoms with Gasteiger partial charge in [0.15, 0.2) is 0 Å². The Hall–Kier alpha value is -3.51.